The Kier molecular flexibility index (Phi) is 5.75. The fraction of sp³-hybridized carbons (Fsp3) is 0.278. The summed E-state index contributed by atoms with van der Waals surface area (Å²) in [7, 11) is -0.536. The van der Waals surface area contributed by atoms with Crippen molar-refractivity contribution >= 4 is 15.9 Å². The van der Waals surface area contributed by atoms with Crippen LogP contribution >= 0.6 is 0 Å². The van der Waals surface area contributed by atoms with Gasteiger partial charge in [0.25, 0.3) is 5.91 Å². The van der Waals surface area contributed by atoms with Crippen molar-refractivity contribution in [3.05, 3.63) is 65.2 Å². The minimum Gasteiger partial charge on any atom is -0.348 e. The molecule has 0 spiro atoms. The Balaban J connectivity index is 2.02. The van der Waals surface area contributed by atoms with Gasteiger partial charge in [-0.1, -0.05) is 31.2 Å². The molecule has 0 aliphatic heterocycles. The third-order valence-corrected chi connectivity index (χ3v) is 5.61. The molecule has 128 valence electrons. The number of carbonyl (C=O) groups excluding carboxylic acids is 1. The number of rotatable bonds is 6. The van der Waals surface area contributed by atoms with Gasteiger partial charge in [-0.05, 0) is 41.8 Å². The molecule has 0 fully saturated rings. The van der Waals surface area contributed by atoms with E-state index in [0.717, 1.165) is 16.3 Å². The summed E-state index contributed by atoms with van der Waals surface area (Å²) in [5.41, 5.74) is 2.70. The summed E-state index contributed by atoms with van der Waals surface area (Å²) in [6.07, 6.45) is 0.981. The molecule has 0 saturated heterocycles. The van der Waals surface area contributed by atoms with Crippen LogP contribution in [0.25, 0.3) is 0 Å². The topological polar surface area (TPSA) is 66.5 Å². The van der Waals surface area contributed by atoms with Gasteiger partial charge < -0.3 is 5.32 Å². The molecule has 0 aromatic heterocycles. The molecule has 6 heteroatoms. The lowest BCUT2D eigenvalue weighted by atomic mass is 10.1. The first-order valence-electron chi connectivity index (χ1n) is 7.73. The van der Waals surface area contributed by atoms with Crippen LogP contribution in [0, 0.1) is 0 Å². The monoisotopic (exact) mass is 346 g/mol. The summed E-state index contributed by atoms with van der Waals surface area (Å²) in [5.74, 6) is -0.233. The predicted molar refractivity (Wildman–Crippen MR) is 94.3 cm³/mol. The highest BCUT2D eigenvalue weighted by Crippen LogP contribution is 2.14. The molecule has 1 amide bonds. The molecule has 0 atom stereocenters. The maximum Gasteiger partial charge on any atom is 0.251 e. The second-order valence-electron chi connectivity index (χ2n) is 5.66. The number of amides is 1. The molecular weight excluding hydrogens is 324 g/mol. The molecule has 0 saturated carbocycles. The number of aryl methyl sites for hydroxylation is 1. The number of nitrogens with zero attached hydrogens (tertiary/aromatic N) is 1. The molecule has 5 nitrogen and oxygen atoms in total. The average Bonchev–Trinajstić information content (AvgIpc) is 2.60. The van der Waals surface area contributed by atoms with E-state index in [0.29, 0.717) is 12.1 Å². The van der Waals surface area contributed by atoms with E-state index in [2.05, 4.69) is 12.2 Å². The highest BCUT2D eigenvalue weighted by Gasteiger charge is 2.17. The van der Waals surface area contributed by atoms with Gasteiger partial charge in [0.15, 0.2) is 0 Å². The minimum absolute atomic E-state index is 0.166. The minimum atomic E-state index is -3.48. The zero-order valence-electron chi connectivity index (χ0n) is 14.1. The summed E-state index contributed by atoms with van der Waals surface area (Å²) in [6, 6.07) is 14.0. The van der Waals surface area contributed by atoms with Crippen LogP contribution in [0.2, 0.25) is 0 Å². The Morgan fingerprint density at radius 1 is 0.958 bits per heavy atom. The van der Waals surface area contributed by atoms with Crippen molar-refractivity contribution in [2.45, 2.75) is 24.8 Å². The standard InChI is InChI=1S/C18H22N2O3S/c1-4-14-5-7-15(8-6-14)13-19-18(21)16-9-11-17(12-10-16)24(22,23)20(2)3/h5-12H,4,13H2,1-3H3,(H,19,21). The highest BCUT2D eigenvalue weighted by atomic mass is 32.2. The summed E-state index contributed by atoms with van der Waals surface area (Å²) >= 11 is 0. The molecule has 0 heterocycles. The number of hydrogen-bond acceptors (Lipinski definition) is 3. The average molecular weight is 346 g/mol. The molecule has 2 aromatic carbocycles. The fourth-order valence-electron chi connectivity index (χ4n) is 2.17. The zero-order valence-corrected chi connectivity index (χ0v) is 14.9. The quantitative estimate of drug-likeness (QED) is 0.873. The van der Waals surface area contributed by atoms with Crippen molar-refractivity contribution in [2.24, 2.45) is 0 Å². The summed E-state index contributed by atoms with van der Waals surface area (Å²) in [6.45, 7) is 2.53. The van der Waals surface area contributed by atoms with Crippen molar-refractivity contribution in [1.82, 2.24) is 9.62 Å². The largest absolute Gasteiger partial charge is 0.348 e. The third kappa shape index (κ3) is 4.21. The number of sulfonamides is 1. The first kappa shape index (κ1) is 18.2. The van der Waals surface area contributed by atoms with E-state index in [4.69, 9.17) is 0 Å². The molecular formula is C18H22N2O3S. The van der Waals surface area contributed by atoms with E-state index >= 15 is 0 Å². The summed E-state index contributed by atoms with van der Waals surface area (Å²) in [4.78, 5) is 12.3. The van der Waals surface area contributed by atoms with Crippen molar-refractivity contribution in [3.8, 4) is 0 Å². The van der Waals surface area contributed by atoms with Gasteiger partial charge in [0, 0.05) is 26.2 Å². The maximum atomic E-state index is 12.2. The molecule has 1 N–H and O–H groups in total. The molecule has 0 bridgehead atoms. The SMILES string of the molecule is CCc1ccc(CNC(=O)c2ccc(S(=O)(=O)N(C)C)cc2)cc1. The van der Waals surface area contributed by atoms with Crippen LogP contribution in [0.1, 0.15) is 28.4 Å². The van der Waals surface area contributed by atoms with E-state index < -0.39 is 10.0 Å². The van der Waals surface area contributed by atoms with Gasteiger partial charge in [-0.15, -0.1) is 0 Å². The molecule has 0 aliphatic rings. The van der Waals surface area contributed by atoms with Crippen LogP contribution in [-0.4, -0.2) is 32.7 Å². The number of carbonyl (C=O) groups is 1. The Bertz CT molecular complexity index is 795. The van der Waals surface area contributed by atoms with E-state index in [9.17, 15) is 13.2 Å². The molecule has 2 rings (SSSR count). The second-order valence-corrected chi connectivity index (χ2v) is 7.82. The van der Waals surface area contributed by atoms with Crippen LogP contribution in [0.3, 0.4) is 0 Å². The Morgan fingerprint density at radius 2 is 1.50 bits per heavy atom. The van der Waals surface area contributed by atoms with Crippen molar-refractivity contribution < 1.29 is 13.2 Å². The highest BCUT2D eigenvalue weighted by molar-refractivity contribution is 7.89. The second kappa shape index (κ2) is 7.59. The van der Waals surface area contributed by atoms with Crippen molar-refractivity contribution in [3.63, 3.8) is 0 Å². The lowest BCUT2D eigenvalue weighted by molar-refractivity contribution is 0.0951. The van der Waals surface area contributed by atoms with E-state index in [-0.39, 0.29) is 10.8 Å². The molecule has 24 heavy (non-hydrogen) atoms. The number of nitrogens with one attached hydrogen (secondary N) is 1. The van der Waals surface area contributed by atoms with Gasteiger partial charge >= 0.3 is 0 Å². The smallest absolute Gasteiger partial charge is 0.251 e. The third-order valence-electron chi connectivity index (χ3n) is 3.78. The van der Waals surface area contributed by atoms with Gasteiger partial charge in [0.2, 0.25) is 10.0 Å². The molecule has 0 unspecified atom stereocenters. The van der Waals surface area contributed by atoms with E-state index in [1.807, 2.05) is 24.3 Å². The summed E-state index contributed by atoms with van der Waals surface area (Å²) < 4.78 is 25.1. The normalized spacial score (nSPS) is 11.5. The van der Waals surface area contributed by atoms with E-state index in [1.165, 1.54) is 43.9 Å². The van der Waals surface area contributed by atoms with Crippen molar-refractivity contribution in [2.75, 3.05) is 14.1 Å². The Morgan fingerprint density at radius 3 is 2.00 bits per heavy atom. The number of hydrogen-bond donors (Lipinski definition) is 1. The molecule has 0 aliphatic carbocycles. The fourth-order valence-corrected chi connectivity index (χ4v) is 3.07. The van der Waals surface area contributed by atoms with Crippen molar-refractivity contribution in [1.29, 1.82) is 0 Å². The van der Waals surface area contributed by atoms with Crippen LogP contribution < -0.4 is 5.32 Å². The van der Waals surface area contributed by atoms with Crippen LogP contribution in [-0.2, 0) is 23.0 Å². The Hall–Kier alpha value is -2.18. The molecule has 0 radical (unpaired) electrons. The summed E-state index contributed by atoms with van der Waals surface area (Å²) in [5, 5.41) is 2.83. The Labute approximate surface area is 143 Å². The zero-order chi connectivity index (χ0) is 17.7. The molecule has 2 aromatic rings. The predicted octanol–water partition coefficient (Wildman–Crippen LogP) is 2.43. The first-order valence-corrected chi connectivity index (χ1v) is 9.17. The first-order chi connectivity index (χ1) is 11.3. The van der Waals surface area contributed by atoms with Gasteiger partial charge in [-0.3, -0.25) is 4.79 Å². The van der Waals surface area contributed by atoms with Gasteiger partial charge in [0.05, 0.1) is 4.90 Å². The van der Waals surface area contributed by atoms with Crippen LogP contribution in [0.5, 0.6) is 0 Å². The van der Waals surface area contributed by atoms with Gasteiger partial charge in [-0.25, -0.2) is 12.7 Å². The number of benzene rings is 2. The van der Waals surface area contributed by atoms with Crippen LogP contribution in [0.15, 0.2) is 53.4 Å². The maximum absolute atomic E-state index is 12.2. The van der Waals surface area contributed by atoms with Gasteiger partial charge in [0.1, 0.15) is 0 Å². The van der Waals surface area contributed by atoms with Crippen LogP contribution in [0.4, 0.5) is 0 Å². The lowest BCUT2D eigenvalue weighted by Gasteiger charge is -2.11. The van der Waals surface area contributed by atoms with E-state index in [1.54, 1.807) is 0 Å². The lowest BCUT2D eigenvalue weighted by Crippen LogP contribution is -2.24. The van der Waals surface area contributed by atoms with Gasteiger partial charge in [-0.2, -0.15) is 0 Å².